The summed E-state index contributed by atoms with van der Waals surface area (Å²) < 4.78 is 36.4. The lowest BCUT2D eigenvalue weighted by atomic mass is 9.79. The molecule has 0 aromatic heterocycles. The Labute approximate surface area is 738 Å². The molecule has 0 saturated carbocycles. The molecule has 10 aliphatic heterocycles. The van der Waals surface area contributed by atoms with Gasteiger partial charge in [0.2, 0.25) is 0 Å². The molecule has 0 amide bonds. The number of nitrogens with two attached hydrogens (primary N) is 1. The molecule has 2 N–H and O–H groups in total. The number of carbonyl (C=O) groups is 6. The van der Waals surface area contributed by atoms with Crippen molar-refractivity contribution in [3.63, 3.8) is 0 Å². The van der Waals surface area contributed by atoms with Gasteiger partial charge in [0.1, 0.15) is 18.8 Å². The summed E-state index contributed by atoms with van der Waals surface area (Å²) in [5.74, 6) is 0.837. The average molecular weight is 1720 g/mol. The van der Waals surface area contributed by atoms with Crippen molar-refractivity contribution < 1.29 is 61.9 Å². The van der Waals surface area contributed by atoms with Gasteiger partial charge in [0.05, 0.1) is 70.4 Å². The van der Waals surface area contributed by atoms with E-state index in [1.807, 2.05) is 6.92 Å². The number of morpholine rings is 1. The number of piperazine rings is 2. The monoisotopic (exact) mass is 1720 g/mol. The van der Waals surface area contributed by atoms with E-state index in [1.165, 1.54) is 39.5 Å². The second-order valence-corrected chi connectivity index (χ2v) is 44.2. The Kier molecular flexibility index (Phi) is 47.1. The van der Waals surface area contributed by atoms with E-state index in [0.29, 0.717) is 87.0 Å². The van der Waals surface area contributed by atoms with E-state index in [9.17, 15) is 28.8 Å². The highest BCUT2D eigenvalue weighted by Crippen LogP contribution is 2.36. The molecule has 10 fully saturated rings. The van der Waals surface area contributed by atoms with Crippen LogP contribution in [0.15, 0.2) is 0 Å². The van der Waals surface area contributed by atoms with Gasteiger partial charge < -0.3 is 58.5 Å². The summed E-state index contributed by atoms with van der Waals surface area (Å²) in [6.07, 6.45) is 16.2. The van der Waals surface area contributed by atoms with Gasteiger partial charge in [-0.15, -0.1) is 0 Å². The van der Waals surface area contributed by atoms with E-state index in [2.05, 4.69) is 244 Å². The number of piperidine rings is 5. The summed E-state index contributed by atoms with van der Waals surface area (Å²) in [4.78, 5) is 93.2. The number of likely N-dealkylation sites (tertiary alicyclic amines) is 5. The Morgan fingerprint density at radius 1 is 0.521 bits per heavy atom. The molecular formula is C95H185N13O13. The van der Waals surface area contributed by atoms with Crippen LogP contribution in [-0.4, -0.2) is 372 Å². The van der Waals surface area contributed by atoms with E-state index in [-0.39, 0.29) is 80.8 Å². The molecule has 0 radical (unpaired) electrons. The molecule has 10 aliphatic rings. The number of esters is 6. The van der Waals surface area contributed by atoms with Gasteiger partial charge in [-0.3, -0.25) is 58.2 Å². The summed E-state index contributed by atoms with van der Waals surface area (Å²) in [6, 6.07) is 0.469. The molecule has 26 heteroatoms. The van der Waals surface area contributed by atoms with E-state index in [0.717, 1.165) is 215 Å². The van der Waals surface area contributed by atoms with Crippen LogP contribution in [0.25, 0.3) is 0 Å². The van der Waals surface area contributed by atoms with Crippen molar-refractivity contribution in [1.82, 2.24) is 59.0 Å². The maximum Gasteiger partial charge on any atom is 0.322 e. The van der Waals surface area contributed by atoms with Crippen LogP contribution in [0.2, 0.25) is 0 Å². The van der Waals surface area contributed by atoms with Crippen LogP contribution in [0.1, 0.15) is 268 Å². The quantitative estimate of drug-likeness (QED) is 0.0881. The van der Waals surface area contributed by atoms with Crippen molar-refractivity contribution in [1.29, 1.82) is 0 Å². The number of ether oxygens (including phenoxy) is 7. The molecule has 0 bridgehead atoms. The molecule has 3 atom stereocenters. The highest BCUT2D eigenvalue weighted by Gasteiger charge is 2.42. The van der Waals surface area contributed by atoms with Crippen molar-refractivity contribution in [3.8, 4) is 0 Å². The van der Waals surface area contributed by atoms with Crippen LogP contribution < -0.4 is 5.73 Å². The zero-order chi connectivity index (χ0) is 90.9. The second kappa shape index (κ2) is 52.0. The SMILES string of the molecule is CC(C)(C)N1CCN(C2COC(=O)C2)CC1.CC(C)(C)N1CCN(N2CCOCC2)CC1.CCOC(=O)CCN(C)C1CCN(C(C)(C)C)CC1.CN(CCC(C)(C)C)CC1CCC(=O)O1.CN1CCC(COC(=O)C2(C)CCN(C(C)(C)C)CC2)CC1.CN1CCC(COC(=O)C2CCN(C(C)(C)C)CC2)CC1.COC(=O)[C@@H](N)CCC(C)(C)C. The van der Waals surface area contributed by atoms with Crippen molar-refractivity contribution in [2.45, 2.75) is 320 Å². The first kappa shape index (κ1) is 110. The van der Waals surface area contributed by atoms with Gasteiger partial charge in [0, 0.05) is 132 Å². The summed E-state index contributed by atoms with van der Waals surface area (Å²) >= 11 is 0. The molecule has 0 spiro atoms. The molecule has 0 aromatic carbocycles. The van der Waals surface area contributed by atoms with Gasteiger partial charge in [0.25, 0.3) is 0 Å². The molecule has 26 nitrogen and oxygen atoms in total. The third-order valence-corrected chi connectivity index (χ3v) is 26.3. The minimum Gasteiger partial charge on any atom is -0.468 e. The number of hydrogen-bond acceptors (Lipinski definition) is 26. The summed E-state index contributed by atoms with van der Waals surface area (Å²) in [7, 11) is 9.89. The Balaban J connectivity index is 0.000000299. The van der Waals surface area contributed by atoms with Gasteiger partial charge in [-0.1, -0.05) is 41.5 Å². The molecule has 121 heavy (non-hydrogen) atoms. The van der Waals surface area contributed by atoms with Gasteiger partial charge in [0.15, 0.2) is 0 Å². The minimum atomic E-state index is -0.464. The first-order valence-corrected chi connectivity index (χ1v) is 47.2. The number of hydrogen-bond donors (Lipinski definition) is 1. The lowest BCUT2D eigenvalue weighted by molar-refractivity contribution is -0.160. The molecule has 0 aliphatic carbocycles. The van der Waals surface area contributed by atoms with Gasteiger partial charge in [-0.2, -0.15) is 0 Å². The van der Waals surface area contributed by atoms with Crippen LogP contribution in [0.4, 0.5) is 0 Å². The minimum absolute atomic E-state index is 0.0278. The molecule has 10 saturated heterocycles. The van der Waals surface area contributed by atoms with Crippen LogP contribution in [-0.2, 0) is 61.9 Å². The van der Waals surface area contributed by atoms with Gasteiger partial charge in [-0.25, -0.2) is 10.0 Å². The van der Waals surface area contributed by atoms with E-state index < -0.39 is 6.04 Å². The largest absolute Gasteiger partial charge is 0.468 e. The summed E-state index contributed by atoms with van der Waals surface area (Å²) in [6.45, 7) is 79.8. The number of methoxy groups -OCH3 is 1. The zero-order valence-corrected chi connectivity index (χ0v) is 82.8. The third kappa shape index (κ3) is 43.8. The van der Waals surface area contributed by atoms with Crippen LogP contribution in [0.3, 0.4) is 0 Å². The molecule has 10 heterocycles. The maximum absolute atomic E-state index is 12.5. The summed E-state index contributed by atoms with van der Waals surface area (Å²) in [5, 5.41) is 4.97. The number of hydrazine groups is 1. The van der Waals surface area contributed by atoms with Gasteiger partial charge in [-0.05, 0) is 317 Å². The highest BCUT2D eigenvalue weighted by molar-refractivity contribution is 5.77. The molecule has 708 valence electrons. The average Bonchev–Trinajstić information content (AvgIpc) is 1.38. The number of likely N-dealkylation sites (N-methyl/N-ethyl adjacent to an activating group) is 1. The fourth-order valence-corrected chi connectivity index (χ4v) is 17.0. The molecule has 10 rings (SSSR count). The van der Waals surface area contributed by atoms with Crippen molar-refractivity contribution in [2.24, 2.45) is 39.7 Å². The van der Waals surface area contributed by atoms with Crippen LogP contribution >= 0.6 is 0 Å². The Morgan fingerprint density at radius 3 is 1.38 bits per heavy atom. The lowest BCUT2D eigenvalue weighted by Gasteiger charge is -2.46. The fourth-order valence-electron chi connectivity index (χ4n) is 17.0. The number of carbonyl (C=O) groups excluding carboxylic acids is 6. The normalized spacial score (nSPS) is 23.4. The smallest absolute Gasteiger partial charge is 0.322 e. The van der Waals surface area contributed by atoms with Gasteiger partial charge >= 0.3 is 35.8 Å². The molecule has 0 aromatic rings. The topological polar surface area (TPSA) is 232 Å². The number of rotatable bonds is 20. The maximum atomic E-state index is 12.5. The fraction of sp³-hybridized carbons (Fsp3) is 0.937. The Bertz CT molecular complexity index is 2910. The second-order valence-electron chi connectivity index (χ2n) is 44.2. The molecule has 2 unspecified atom stereocenters. The number of nitrogens with zero attached hydrogens (tertiary/aromatic N) is 12. The Morgan fingerprint density at radius 2 is 0.959 bits per heavy atom. The zero-order valence-electron chi connectivity index (χ0n) is 82.8. The highest BCUT2D eigenvalue weighted by atomic mass is 16.6. The third-order valence-electron chi connectivity index (χ3n) is 26.3. The Hall–Kier alpha value is -3.74. The van der Waals surface area contributed by atoms with E-state index in [1.54, 1.807) is 0 Å². The molecular weight excluding hydrogens is 1530 g/mol. The summed E-state index contributed by atoms with van der Waals surface area (Å²) in [5.41, 5.74) is 7.13. The van der Waals surface area contributed by atoms with Crippen LogP contribution in [0, 0.1) is 34.0 Å². The van der Waals surface area contributed by atoms with E-state index in [4.69, 9.17) is 34.2 Å². The first-order valence-electron chi connectivity index (χ1n) is 47.2. The van der Waals surface area contributed by atoms with Crippen molar-refractivity contribution >= 4 is 35.8 Å². The predicted molar refractivity (Wildman–Crippen MR) is 490 cm³/mol. The standard InChI is InChI=1S/C18H34N2O2.C17H32N2O2.C15H30N2O2.C12H25N3O.C12H22N2O2.C12H23NO2.C9H19NO2/c1-17(2,3)20-12-8-18(4,9-13-20)16(21)22-14-15-6-10-19(5)11-7-15;1-17(2,3)19-11-7-15(8-12-19)16(20)21-13-14-5-9-18(4)10-6-14;1-6-19-14(18)9-10-16(5)13-7-11-17(12-8-13)15(2,3)4;1-12(2,3)13-4-6-14(7-5-13)15-8-10-16-11-9-15;1-12(2,3)14-6-4-13(5-7-14)10-8-11(15)16-9-10;1-12(2,3)7-8-13(4)9-10-5-6-11(14)15-10;1-9(2,3)6-5-7(10)8(11)12-4/h15H,6-14H2,1-5H3;14-15H,5-13H2,1-4H3;13H,6-12H2,1-5H3;4-11H2,1-3H3;10H,4-9H2,1-3H3;10H,5-9H2,1-4H3;7H,5-6,10H2,1-4H3/t;;;;;;7-/m......0/s1. The predicted octanol–water partition coefficient (Wildman–Crippen LogP) is 12.0. The van der Waals surface area contributed by atoms with Crippen LogP contribution in [0.5, 0.6) is 0 Å². The van der Waals surface area contributed by atoms with E-state index >= 15 is 0 Å². The van der Waals surface area contributed by atoms with Crippen molar-refractivity contribution in [2.75, 3.05) is 225 Å². The van der Waals surface area contributed by atoms with Crippen molar-refractivity contribution in [3.05, 3.63) is 0 Å². The first-order chi connectivity index (χ1) is 56.2. The lowest BCUT2D eigenvalue weighted by Crippen LogP contribution is -2.59. The number of cyclic esters (lactones) is 2.